The summed E-state index contributed by atoms with van der Waals surface area (Å²) in [4.78, 5) is 4.11. The van der Waals surface area contributed by atoms with Crippen LogP contribution in [0.25, 0.3) is 0 Å². The van der Waals surface area contributed by atoms with Crippen LogP contribution in [0.1, 0.15) is 69.1 Å². The minimum Gasteiger partial charge on any atom is -0.388 e. The highest BCUT2D eigenvalue weighted by molar-refractivity contribution is 5.18. The average molecular weight is 235 g/mol. The molecule has 0 bridgehead atoms. The van der Waals surface area contributed by atoms with Crippen LogP contribution in [-0.2, 0) is 0 Å². The van der Waals surface area contributed by atoms with Gasteiger partial charge in [-0.25, -0.2) is 0 Å². The Morgan fingerprint density at radius 2 is 1.82 bits per heavy atom. The zero-order valence-corrected chi connectivity index (χ0v) is 11.2. The maximum absolute atomic E-state index is 10.0. The summed E-state index contributed by atoms with van der Waals surface area (Å²) in [6.45, 7) is 4.24. The van der Waals surface area contributed by atoms with Crippen LogP contribution in [0, 0.1) is 6.92 Å². The summed E-state index contributed by atoms with van der Waals surface area (Å²) >= 11 is 0. The van der Waals surface area contributed by atoms with E-state index < -0.39 is 0 Å². The molecule has 1 atom stereocenters. The fourth-order valence-corrected chi connectivity index (χ4v) is 2.05. The van der Waals surface area contributed by atoms with Crippen LogP contribution >= 0.6 is 0 Å². The van der Waals surface area contributed by atoms with E-state index in [4.69, 9.17) is 0 Å². The Morgan fingerprint density at radius 3 is 2.53 bits per heavy atom. The molecule has 0 aliphatic rings. The highest BCUT2D eigenvalue weighted by Gasteiger charge is 2.07. The third-order valence-corrected chi connectivity index (χ3v) is 3.11. The van der Waals surface area contributed by atoms with Crippen molar-refractivity contribution in [2.75, 3.05) is 0 Å². The van der Waals surface area contributed by atoms with Crippen molar-refractivity contribution in [2.45, 2.75) is 64.9 Å². The van der Waals surface area contributed by atoms with E-state index in [0.717, 1.165) is 24.0 Å². The molecule has 0 aromatic carbocycles. The molecule has 0 amide bonds. The molecule has 96 valence electrons. The van der Waals surface area contributed by atoms with E-state index in [-0.39, 0.29) is 6.10 Å². The van der Waals surface area contributed by atoms with Crippen molar-refractivity contribution in [3.8, 4) is 0 Å². The van der Waals surface area contributed by atoms with Crippen molar-refractivity contribution in [2.24, 2.45) is 0 Å². The highest BCUT2D eigenvalue weighted by atomic mass is 16.3. The van der Waals surface area contributed by atoms with Gasteiger partial charge in [0, 0.05) is 12.4 Å². The first kappa shape index (κ1) is 14.2. The van der Waals surface area contributed by atoms with Crippen LogP contribution in [0.2, 0.25) is 0 Å². The number of nitrogens with zero attached hydrogens (tertiary/aromatic N) is 1. The third kappa shape index (κ3) is 5.83. The molecule has 1 aromatic rings. The van der Waals surface area contributed by atoms with E-state index in [2.05, 4.69) is 11.9 Å². The smallest absolute Gasteiger partial charge is 0.0805 e. The number of hydrogen-bond donors (Lipinski definition) is 1. The normalized spacial score (nSPS) is 12.6. The molecule has 2 nitrogen and oxygen atoms in total. The molecule has 0 aliphatic heterocycles. The summed E-state index contributed by atoms with van der Waals surface area (Å²) in [5.74, 6) is 0. The van der Waals surface area contributed by atoms with E-state index in [9.17, 15) is 5.11 Å². The topological polar surface area (TPSA) is 33.1 Å². The molecule has 1 aromatic heterocycles. The lowest BCUT2D eigenvalue weighted by Gasteiger charge is -2.10. The van der Waals surface area contributed by atoms with Crippen molar-refractivity contribution < 1.29 is 5.11 Å². The van der Waals surface area contributed by atoms with Gasteiger partial charge in [0.05, 0.1) is 6.10 Å². The van der Waals surface area contributed by atoms with Crippen LogP contribution in [0.3, 0.4) is 0 Å². The molecule has 0 radical (unpaired) electrons. The van der Waals surface area contributed by atoms with Crippen molar-refractivity contribution in [3.05, 3.63) is 29.6 Å². The first-order chi connectivity index (χ1) is 8.24. The molecule has 0 saturated heterocycles. The second-order valence-electron chi connectivity index (χ2n) is 4.87. The molecule has 1 unspecified atom stereocenters. The summed E-state index contributed by atoms with van der Waals surface area (Å²) in [5.41, 5.74) is 2.07. The Labute approximate surface area is 105 Å². The molecule has 0 saturated carbocycles. The Hall–Kier alpha value is -0.890. The second-order valence-corrected chi connectivity index (χ2v) is 4.87. The third-order valence-electron chi connectivity index (χ3n) is 3.11. The maximum atomic E-state index is 10.0. The van der Waals surface area contributed by atoms with Crippen LogP contribution in [0.15, 0.2) is 18.5 Å². The lowest BCUT2D eigenvalue weighted by atomic mass is 10.0. The second kappa shape index (κ2) is 8.24. The molecule has 1 rings (SSSR count). The fraction of sp³-hybridized carbons (Fsp3) is 0.667. The van der Waals surface area contributed by atoms with Gasteiger partial charge in [0.2, 0.25) is 0 Å². The zero-order chi connectivity index (χ0) is 12.5. The quantitative estimate of drug-likeness (QED) is 0.686. The first-order valence-corrected chi connectivity index (χ1v) is 6.83. The van der Waals surface area contributed by atoms with Crippen LogP contribution in [0.5, 0.6) is 0 Å². The SMILES string of the molecule is CCCCCCCCC(O)c1cncc(C)c1. The van der Waals surface area contributed by atoms with Gasteiger partial charge in [-0.05, 0) is 24.5 Å². The number of aliphatic hydroxyl groups is 1. The van der Waals surface area contributed by atoms with E-state index in [1.165, 1.54) is 32.1 Å². The first-order valence-electron chi connectivity index (χ1n) is 6.83. The molecule has 0 spiro atoms. The van der Waals surface area contributed by atoms with Gasteiger partial charge in [0.1, 0.15) is 0 Å². The van der Waals surface area contributed by atoms with Crippen molar-refractivity contribution in [1.29, 1.82) is 0 Å². The van der Waals surface area contributed by atoms with Gasteiger partial charge in [0.25, 0.3) is 0 Å². The van der Waals surface area contributed by atoms with Gasteiger partial charge >= 0.3 is 0 Å². The zero-order valence-electron chi connectivity index (χ0n) is 11.2. The van der Waals surface area contributed by atoms with Gasteiger partial charge in [-0.15, -0.1) is 0 Å². The van der Waals surface area contributed by atoms with Crippen molar-refractivity contribution in [1.82, 2.24) is 4.98 Å². The minimum absolute atomic E-state index is 0.339. The van der Waals surface area contributed by atoms with E-state index >= 15 is 0 Å². The van der Waals surface area contributed by atoms with Crippen LogP contribution in [-0.4, -0.2) is 10.1 Å². The van der Waals surface area contributed by atoms with E-state index in [1.54, 1.807) is 6.20 Å². The number of unbranched alkanes of at least 4 members (excludes halogenated alkanes) is 5. The Kier molecular flexibility index (Phi) is 6.87. The van der Waals surface area contributed by atoms with Gasteiger partial charge < -0.3 is 5.11 Å². The summed E-state index contributed by atoms with van der Waals surface area (Å²) in [6, 6.07) is 2.02. The van der Waals surface area contributed by atoms with Crippen LogP contribution in [0.4, 0.5) is 0 Å². The number of hydrogen-bond acceptors (Lipinski definition) is 2. The Balaban J connectivity index is 2.19. The highest BCUT2D eigenvalue weighted by Crippen LogP contribution is 2.20. The van der Waals surface area contributed by atoms with Crippen LogP contribution < -0.4 is 0 Å². The number of aliphatic hydroxyl groups excluding tert-OH is 1. The molecule has 2 heteroatoms. The van der Waals surface area contributed by atoms with Crippen molar-refractivity contribution in [3.63, 3.8) is 0 Å². The number of aromatic nitrogens is 1. The standard InChI is InChI=1S/C15H25NO/c1-3-4-5-6-7-8-9-15(17)14-10-13(2)11-16-12-14/h10-12,15,17H,3-9H2,1-2H3. The Bertz CT molecular complexity index is 312. The number of pyridine rings is 1. The molecule has 17 heavy (non-hydrogen) atoms. The van der Waals surface area contributed by atoms with Gasteiger partial charge in [-0.2, -0.15) is 0 Å². The van der Waals surface area contributed by atoms with E-state index in [0.29, 0.717) is 0 Å². The summed E-state index contributed by atoms with van der Waals surface area (Å²) in [6.07, 6.45) is 11.7. The monoisotopic (exact) mass is 235 g/mol. The molecular formula is C15H25NO. The summed E-state index contributed by atoms with van der Waals surface area (Å²) in [5, 5.41) is 10.0. The molecule has 1 N–H and O–H groups in total. The fourth-order valence-electron chi connectivity index (χ4n) is 2.05. The van der Waals surface area contributed by atoms with Gasteiger partial charge in [0.15, 0.2) is 0 Å². The van der Waals surface area contributed by atoms with Crippen molar-refractivity contribution >= 4 is 0 Å². The lowest BCUT2D eigenvalue weighted by molar-refractivity contribution is 0.163. The lowest BCUT2D eigenvalue weighted by Crippen LogP contribution is -1.98. The average Bonchev–Trinajstić information content (AvgIpc) is 2.33. The summed E-state index contributed by atoms with van der Waals surface area (Å²) in [7, 11) is 0. The molecule has 1 heterocycles. The maximum Gasteiger partial charge on any atom is 0.0805 e. The molecule has 0 aliphatic carbocycles. The molecule has 0 fully saturated rings. The number of aryl methyl sites for hydroxylation is 1. The minimum atomic E-state index is -0.339. The molecular weight excluding hydrogens is 210 g/mol. The summed E-state index contributed by atoms with van der Waals surface area (Å²) < 4.78 is 0. The van der Waals surface area contributed by atoms with Gasteiger partial charge in [-0.1, -0.05) is 51.5 Å². The predicted molar refractivity (Wildman–Crippen MR) is 71.9 cm³/mol. The van der Waals surface area contributed by atoms with Gasteiger partial charge in [-0.3, -0.25) is 4.98 Å². The largest absolute Gasteiger partial charge is 0.388 e. The Morgan fingerprint density at radius 1 is 1.12 bits per heavy atom. The predicted octanol–water partition coefficient (Wildman–Crippen LogP) is 4.17. The number of rotatable bonds is 8. The van der Waals surface area contributed by atoms with E-state index in [1.807, 2.05) is 19.2 Å².